The molecule has 156 valence electrons. The molecule has 3 rings (SSSR count). The van der Waals surface area contributed by atoms with Gasteiger partial charge in [-0.25, -0.2) is 9.59 Å². The van der Waals surface area contributed by atoms with Gasteiger partial charge in [0.25, 0.3) is 0 Å². The molecule has 0 saturated carbocycles. The molecule has 1 atom stereocenters. The number of nitrogens with one attached hydrogen (secondary N) is 2. The third kappa shape index (κ3) is 5.62. The Balaban J connectivity index is 0.00000300. The van der Waals surface area contributed by atoms with Crippen molar-refractivity contribution in [1.29, 1.82) is 0 Å². The first-order valence-electron chi connectivity index (χ1n) is 9.18. The number of ether oxygens (including phenoxy) is 2. The first-order valence-corrected chi connectivity index (χ1v) is 9.18. The van der Waals surface area contributed by atoms with Gasteiger partial charge in [-0.1, -0.05) is 24.3 Å². The maximum Gasteiger partial charge on any atom is 0.337 e. The van der Waals surface area contributed by atoms with E-state index in [9.17, 15) is 9.59 Å². The molecule has 29 heavy (non-hydrogen) atoms. The largest absolute Gasteiger partial charge is 0.497 e. The van der Waals surface area contributed by atoms with Gasteiger partial charge in [0.15, 0.2) is 0 Å². The number of piperazine rings is 1. The molecule has 1 saturated heterocycles. The summed E-state index contributed by atoms with van der Waals surface area (Å²) in [5.74, 6) is 0.414. The van der Waals surface area contributed by atoms with E-state index >= 15 is 0 Å². The molecule has 1 aliphatic heterocycles. The monoisotopic (exact) mass is 419 g/mol. The Bertz CT molecular complexity index is 812. The standard InChI is InChI=1S/C21H25N3O4.ClH/c1-27-18-9-7-16(8-10-18)19-14-22-11-12-24(19)21(26)23-13-15-3-5-17(6-4-15)20(25)28-2;/h3-10,19,22H,11-14H2,1-2H3,(H,23,26);1H. The Morgan fingerprint density at radius 3 is 2.41 bits per heavy atom. The molecule has 0 spiro atoms. The summed E-state index contributed by atoms with van der Waals surface area (Å²) in [6.45, 7) is 2.48. The van der Waals surface area contributed by atoms with E-state index in [-0.39, 0.29) is 30.4 Å². The van der Waals surface area contributed by atoms with Gasteiger partial charge in [0.05, 0.1) is 25.8 Å². The maximum atomic E-state index is 12.8. The molecule has 1 heterocycles. The lowest BCUT2D eigenvalue weighted by Gasteiger charge is -2.36. The van der Waals surface area contributed by atoms with Gasteiger partial charge in [-0.15, -0.1) is 12.4 Å². The van der Waals surface area contributed by atoms with Crippen LogP contribution in [-0.4, -0.2) is 50.8 Å². The predicted octanol–water partition coefficient (Wildman–Crippen LogP) is 2.76. The van der Waals surface area contributed by atoms with Crippen molar-refractivity contribution in [2.75, 3.05) is 33.9 Å². The Labute approximate surface area is 176 Å². The molecule has 1 fully saturated rings. The van der Waals surface area contributed by atoms with Crippen molar-refractivity contribution < 1.29 is 19.1 Å². The second kappa shape index (κ2) is 10.7. The van der Waals surface area contributed by atoms with Gasteiger partial charge < -0.3 is 25.0 Å². The van der Waals surface area contributed by atoms with E-state index in [4.69, 9.17) is 9.47 Å². The number of esters is 1. The molecule has 2 N–H and O–H groups in total. The molecule has 1 unspecified atom stereocenters. The summed E-state index contributed by atoms with van der Waals surface area (Å²) < 4.78 is 9.90. The lowest BCUT2D eigenvalue weighted by molar-refractivity contribution is 0.0600. The van der Waals surface area contributed by atoms with Crippen LogP contribution in [-0.2, 0) is 11.3 Å². The Hall–Kier alpha value is -2.77. The van der Waals surface area contributed by atoms with E-state index < -0.39 is 0 Å². The Kier molecular flexibility index (Phi) is 8.30. The van der Waals surface area contributed by atoms with Crippen LogP contribution in [0.3, 0.4) is 0 Å². The van der Waals surface area contributed by atoms with Gasteiger partial charge in [0.2, 0.25) is 0 Å². The Morgan fingerprint density at radius 2 is 1.79 bits per heavy atom. The quantitative estimate of drug-likeness (QED) is 0.728. The highest BCUT2D eigenvalue weighted by Crippen LogP contribution is 2.24. The molecular weight excluding hydrogens is 394 g/mol. The van der Waals surface area contributed by atoms with Crippen molar-refractivity contribution in [2.24, 2.45) is 0 Å². The van der Waals surface area contributed by atoms with Crippen LogP contribution in [0.25, 0.3) is 0 Å². The van der Waals surface area contributed by atoms with Crippen LogP contribution in [0.4, 0.5) is 4.79 Å². The first kappa shape index (κ1) is 22.5. The highest BCUT2D eigenvalue weighted by molar-refractivity contribution is 5.89. The third-order valence-electron chi connectivity index (χ3n) is 4.82. The SMILES string of the molecule is COC(=O)c1ccc(CNC(=O)N2CCNCC2c2ccc(OC)cc2)cc1.Cl. The molecule has 2 aromatic carbocycles. The number of benzene rings is 2. The van der Waals surface area contributed by atoms with Gasteiger partial charge in [0.1, 0.15) is 5.75 Å². The number of halogens is 1. The van der Waals surface area contributed by atoms with E-state index in [0.717, 1.165) is 23.4 Å². The number of rotatable bonds is 5. The summed E-state index contributed by atoms with van der Waals surface area (Å²) in [5, 5.41) is 6.32. The first-order chi connectivity index (χ1) is 13.6. The number of carbonyl (C=O) groups excluding carboxylic acids is 2. The molecule has 7 nitrogen and oxygen atoms in total. The maximum absolute atomic E-state index is 12.8. The second-order valence-electron chi connectivity index (χ2n) is 6.53. The molecule has 0 aliphatic carbocycles. The summed E-state index contributed by atoms with van der Waals surface area (Å²) in [6.07, 6.45) is 0. The summed E-state index contributed by atoms with van der Waals surface area (Å²) in [5.41, 5.74) is 2.46. The molecule has 2 amide bonds. The minimum Gasteiger partial charge on any atom is -0.497 e. The van der Waals surface area contributed by atoms with Gasteiger partial charge in [-0.3, -0.25) is 0 Å². The van der Waals surface area contributed by atoms with Gasteiger partial charge in [-0.05, 0) is 35.4 Å². The topological polar surface area (TPSA) is 79.9 Å². The fraction of sp³-hybridized carbons (Fsp3) is 0.333. The molecule has 0 aromatic heterocycles. The normalized spacial score (nSPS) is 15.8. The van der Waals surface area contributed by atoms with Crippen LogP contribution in [0.2, 0.25) is 0 Å². The molecule has 8 heteroatoms. The number of hydrogen-bond acceptors (Lipinski definition) is 5. The van der Waals surface area contributed by atoms with Crippen LogP contribution < -0.4 is 15.4 Å². The second-order valence-corrected chi connectivity index (χ2v) is 6.53. The number of urea groups is 1. The smallest absolute Gasteiger partial charge is 0.337 e. The molecular formula is C21H26ClN3O4. The van der Waals surface area contributed by atoms with E-state index in [1.165, 1.54) is 7.11 Å². The van der Waals surface area contributed by atoms with Gasteiger partial charge in [0, 0.05) is 26.2 Å². The summed E-state index contributed by atoms with van der Waals surface area (Å²) >= 11 is 0. The molecule has 1 aliphatic rings. The third-order valence-corrected chi connectivity index (χ3v) is 4.82. The van der Waals surface area contributed by atoms with Crippen LogP contribution in [0.15, 0.2) is 48.5 Å². The number of carbonyl (C=O) groups is 2. The van der Waals surface area contributed by atoms with E-state index in [1.54, 1.807) is 19.2 Å². The molecule has 0 bridgehead atoms. The van der Waals surface area contributed by atoms with Gasteiger partial charge in [-0.2, -0.15) is 0 Å². The zero-order chi connectivity index (χ0) is 19.9. The van der Waals surface area contributed by atoms with E-state index in [0.29, 0.717) is 25.2 Å². The van der Waals surface area contributed by atoms with Crippen molar-refractivity contribution in [1.82, 2.24) is 15.5 Å². The van der Waals surface area contributed by atoms with Crippen molar-refractivity contribution in [3.63, 3.8) is 0 Å². The number of nitrogens with zero attached hydrogens (tertiary/aromatic N) is 1. The summed E-state index contributed by atoms with van der Waals surface area (Å²) in [4.78, 5) is 26.1. The Morgan fingerprint density at radius 1 is 1.10 bits per heavy atom. The molecule has 2 aromatic rings. The lowest BCUT2D eigenvalue weighted by atomic mass is 10.0. The van der Waals surface area contributed by atoms with Crippen LogP contribution in [0, 0.1) is 0 Å². The van der Waals surface area contributed by atoms with E-state index in [2.05, 4.69) is 10.6 Å². The number of hydrogen-bond donors (Lipinski definition) is 2. The lowest BCUT2D eigenvalue weighted by Crippen LogP contribution is -2.51. The highest BCUT2D eigenvalue weighted by Gasteiger charge is 2.27. The molecule has 0 radical (unpaired) electrons. The average Bonchev–Trinajstić information content (AvgIpc) is 2.77. The minimum absolute atomic E-state index is 0. The zero-order valence-electron chi connectivity index (χ0n) is 16.5. The van der Waals surface area contributed by atoms with Crippen LogP contribution in [0.5, 0.6) is 5.75 Å². The van der Waals surface area contributed by atoms with Crippen molar-refractivity contribution in [2.45, 2.75) is 12.6 Å². The van der Waals surface area contributed by atoms with E-state index in [1.807, 2.05) is 41.3 Å². The van der Waals surface area contributed by atoms with Crippen molar-refractivity contribution in [3.05, 3.63) is 65.2 Å². The van der Waals surface area contributed by atoms with Crippen LogP contribution in [0.1, 0.15) is 27.5 Å². The summed E-state index contributed by atoms with van der Waals surface area (Å²) in [7, 11) is 2.98. The minimum atomic E-state index is -0.376. The fourth-order valence-corrected chi connectivity index (χ4v) is 3.23. The highest BCUT2D eigenvalue weighted by atomic mass is 35.5. The zero-order valence-corrected chi connectivity index (χ0v) is 17.3. The van der Waals surface area contributed by atoms with Gasteiger partial charge >= 0.3 is 12.0 Å². The fourth-order valence-electron chi connectivity index (χ4n) is 3.23. The predicted molar refractivity (Wildman–Crippen MR) is 113 cm³/mol. The van der Waals surface area contributed by atoms with Crippen molar-refractivity contribution in [3.8, 4) is 5.75 Å². The summed E-state index contributed by atoms with van der Waals surface area (Å²) in [6, 6.07) is 14.6. The van der Waals surface area contributed by atoms with Crippen molar-refractivity contribution >= 4 is 24.4 Å². The van der Waals surface area contributed by atoms with Crippen LogP contribution >= 0.6 is 12.4 Å². The average molecular weight is 420 g/mol. The number of amides is 2. The number of methoxy groups -OCH3 is 2.